The Morgan fingerprint density at radius 2 is 1.84 bits per heavy atom. The zero-order valence-corrected chi connectivity index (χ0v) is 12.4. The van der Waals surface area contributed by atoms with Gasteiger partial charge in [-0.2, -0.15) is 0 Å². The van der Waals surface area contributed by atoms with Gasteiger partial charge in [-0.25, -0.2) is 0 Å². The molecule has 2 heteroatoms. The van der Waals surface area contributed by atoms with Crippen LogP contribution in [-0.4, -0.2) is 31.1 Å². The predicted molar refractivity (Wildman–Crippen MR) is 80.3 cm³/mol. The van der Waals surface area contributed by atoms with Crippen molar-refractivity contribution in [3.8, 4) is 0 Å². The van der Waals surface area contributed by atoms with Crippen LogP contribution in [-0.2, 0) is 6.42 Å². The fourth-order valence-electron chi connectivity index (χ4n) is 3.72. The van der Waals surface area contributed by atoms with Crippen molar-refractivity contribution in [2.24, 2.45) is 5.41 Å². The SMILES string of the molecule is CNC1c2ccccc2CC1N1CCC(C)(C)CC1. The smallest absolute Gasteiger partial charge is 0.0481 e. The van der Waals surface area contributed by atoms with E-state index >= 15 is 0 Å². The van der Waals surface area contributed by atoms with Crippen LogP contribution in [0.4, 0.5) is 0 Å². The topological polar surface area (TPSA) is 15.3 Å². The Hall–Kier alpha value is -0.860. The van der Waals surface area contributed by atoms with Crippen LogP contribution in [0.5, 0.6) is 0 Å². The van der Waals surface area contributed by atoms with Gasteiger partial charge in [0, 0.05) is 12.1 Å². The molecule has 1 aliphatic carbocycles. The van der Waals surface area contributed by atoms with Crippen LogP contribution in [0, 0.1) is 5.41 Å². The van der Waals surface area contributed by atoms with Crippen LogP contribution in [0.2, 0.25) is 0 Å². The number of hydrogen-bond donors (Lipinski definition) is 1. The van der Waals surface area contributed by atoms with E-state index in [9.17, 15) is 0 Å². The monoisotopic (exact) mass is 258 g/mol. The molecule has 1 aromatic rings. The minimum absolute atomic E-state index is 0.511. The Labute approximate surface area is 117 Å². The second kappa shape index (κ2) is 4.92. The molecule has 0 spiro atoms. The van der Waals surface area contributed by atoms with Crippen LogP contribution < -0.4 is 5.32 Å². The van der Waals surface area contributed by atoms with E-state index in [1.807, 2.05) is 0 Å². The molecular formula is C17H26N2. The minimum atomic E-state index is 0.511. The van der Waals surface area contributed by atoms with Crippen molar-refractivity contribution in [1.29, 1.82) is 0 Å². The molecule has 2 nitrogen and oxygen atoms in total. The molecule has 19 heavy (non-hydrogen) atoms. The second-order valence-corrected chi connectivity index (χ2v) is 6.94. The number of fused-ring (bicyclic) bond motifs is 1. The molecular weight excluding hydrogens is 232 g/mol. The average molecular weight is 258 g/mol. The van der Waals surface area contributed by atoms with Crippen molar-refractivity contribution in [2.45, 2.75) is 45.2 Å². The molecule has 0 amide bonds. The third kappa shape index (κ3) is 2.44. The fourth-order valence-corrected chi connectivity index (χ4v) is 3.72. The Kier molecular flexibility index (Phi) is 3.40. The molecule has 2 atom stereocenters. The number of nitrogens with one attached hydrogen (secondary N) is 1. The summed E-state index contributed by atoms with van der Waals surface area (Å²) >= 11 is 0. The third-order valence-corrected chi connectivity index (χ3v) is 5.14. The molecule has 1 heterocycles. The molecule has 0 aromatic heterocycles. The third-order valence-electron chi connectivity index (χ3n) is 5.14. The van der Waals surface area contributed by atoms with Gasteiger partial charge in [0.1, 0.15) is 0 Å². The van der Waals surface area contributed by atoms with Gasteiger partial charge in [0.15, 0.2) is 0 Å². The van der Waals surface area contributed by atoms with Gasteiger partial charge in [0.25, 0.3) is 0 Å². The van der Waals surface area contributed by atoms with Crippen LogP contribution in [0.15, 0.2) is 24.3 Å². The van der Waals surface area contributed by atoms with Gasteiger partial charge in [-0.1, -0.05) is 38.1 Å². The minimum Gasteiger partial charge on any atom is -0.312 e. The van der Waals surface area contributed by atoms with E-state index in [2.05, 4.69) is 55.4 Å². The molecule has 0 bridgehead atoms. The summed E-state index contributed by atoms with van der Waals surface area (Å²) < 4.78 is 0. The summed E-state index contributed by atoms with van der Waals surface area (Å²) in [5.41, 5.74) is 3.59. The summed E-state index contributed by atoms with van der Waals surface area (Å²) in [6.07, 6.45) is 3.87. The maximum absolute atomic E-state index is 3.55. The van der Waals surface area contributed by atoms with Gasteiger partial charge in [0.05, 0.1) is 0 Å². The average Bonchev–Trinajstić information content (AvgIpc) is 2.77. The van der Waals surface area contributed by atoms with E-state index in [0.717, 1.165) is 0 Å². The summed E-state index contributed by atoms with van der Waals surface area (Å²) in [5, 5.41) is 3.55. The highest BCUT2D eigenvalue weighted by molar-refractivity contribution is 5.37. The molecule has 1 N–H and O–H groups in total. The van der Waals surface area contributed by atoms with E-state index < -0.39 is 0 Å². The van der Waals surface area contributed by atoms with Crippen molar-refractivity contribution in [3.05, 3.63) is 35.4 Å². The summed E-state index contributed by atoms with van der Waals surface area (Å²) in [5.74, 6) is 0. The molecule has 1 aliphatic heterocycles. The van der Waals surface area contributed by atoms with E-state index in [0.29, 0.717) is 17.5 Å². The zero-order chi connectivity index (χ0) is 13.5. The van der Waals surface area contributed by atoms with E-state index in [1.54, 1.807) is 0 Å². The molecule has 0 saturated carbocycles. The fraction of sp³-hybridized carbons (Fsp3) is 0.647. The normalized spacial score (nSPS) is 30.3. The predicted octanol–water partition coefficient (Wildman–Crippen LogP) is 2.99. The first-order valence-corrected chi connectivity index (χ1v) is 7.60. The van der Waals surface area contributed by atoms with Crippen molar-refractivity contribution in [1.82, 2.24) is 10.2 Å². The number of rotatable bonds is 2. The molecule has 1 saturated heterocycles. The Balaban J connectivity index is 1.77. The highest BCUT2D eigenvalue weighted by atomic mass is 15.2. The van der Waals surface area contributed by atoms with Gasteiger partial charge in [-0.15, -0.1) is 0 Å². The standard InChI is InChI=1S/C17H26N2/c1-17(2)8-10-19(11-9-17)15-12-13-6-4-5-7-14(13)16(15)18-3/h4-7,15-16,18H,8-12H2,1-3H3. The van der Waals surface area contributed by atoms with Crippen molar-refractivity contribution in [2.75, 3.05) is 20.1 Å². The Morgan fingerprint density at radius 3 is 2.53 bits per heavy atom. The van der Waals surface area contributed by atoms with Gasteiger partial charge in [-0.3, -0.25) is 4.90 Å². The number of likely N-dealkylation sites (N-methyl/N-ethyl adjacent to an activating group) is 1. The summed E-state index contributed by atoms with van der Waals surface area (Å²) in [4.78, 5) is 2.71. The molecule has 2 aliphatic rings. The molecule has 2 unspecified atom stereocenters. The van der Waals surface area contributed by atoms with Gasteiger partial charge < -0.3 is 5.32 Å². The van der Waals surface area contributed by atoms with E-state index in [1.165, 1.54) is 43.5 Å². The molecule has 104 valence electrons. The summed E-state index contributed by atoms with van der Waals surface area (Å²) in [7, 11) is 2.10. The van der Waals surface area contributed by atoms with Crippen LogP contribution in [0.25, 0.3) is 0 Å². The van der Waals surface area contributed by atoms with E-state index in [-0.39, 0.29) is 0 Å². The first-order chi connectivity index (χ1) is 9.11. The molecule has 3 rings (SSSR count). The number of benzene rings is 1. The van der Waals surface area contributed by atoms with Crippen molar-refractivity contribution >= 4 is 0 Å². The Bertz CT molecular complexity index is 442. The molecule has 1 aromatic carbocycles. The zero-order valence-electron chi connectivity index (χ0n) is 12.4. The highest BCUT2D eigenvalue weighted by Crippen LogP contribution is 2.38. The van der Waals surface area contributed by atoms with Crippen LogP contribution in [0.3, 0.4) is 0 Å². The van der Waals surface area contributed by atoms with Crippen LogP contribution in [0.1, 0.15) is 43.9 Å². The first-order valence-electron chi connectivity index (χ1n) is 7.60. The second-order valence-electron chi connectivity index (χ2n) is 6.94. The lowest BCUT2D eigenvalue weighted by atomic mass is 9.82. The first kappa shape index (κ1) is 13.1. The summed E-state index contributed by atoms with van der Waals surface area (Å²) in [6.45, 7) is 7.32. The van der Waals surface area contributed by atoms with Gasteiger partial charge >= 0.3 is 0 Å². The maximum Gasteiger partial charge on any atom is 0.0481 e. The van der Waals surface area contributed by atoms with Crippen molar-refractivity contribution < 1.29 is 0 Å². The number of piperidine rings is 1. The number of hydrogen-bond acceptors (Lipinski definition) is 2. The highest BCUT2D eigenvalue weighted by Gasteiger charge is 2.37. The largest absolute Gasteiger partial charge is 0.312 e. The van der Waals surface area contributed by atoms with Crippen LogP contribution >= 0.6 is 0 Å². The number of likely N-dealkylation sites (tertiary alicyclic amines) is 1. The van der Waals surface area contributed by atoms with Crippen molar-refractivity contribution in [3.63, 3.8) is 0 Å². The quantitative estimate of drug-likeness (QED) is 0.877. The molecule has 0 radical (unpaired) electrons. The lowest BCUT2D eigenvalue weighted by molar-refractivity contribution is 0.0822. The Morgan fingerprint density at radius 1 is 1.16 bits per heavy atom. The maximum atomic E-state index is 3.55. The lowest BCUT2D eigenvalue weighted by Gasteiger charge is -2.41. The molecule has 1 fully saturated rings. The van der Waals surface area contributed by atoms with Gasteiger partial charge in [-0.05, 0) is 55.9 Å². The lowest BCUT2D eigenvalue weighted by Crippen LogP contribution is -2.47. The summed E-state index contributed by atoms with van der Waals surface area (Å²) in [6, 6.07) is 10.1. The number of nitrogens with zero attached hydrogens (tertiary/aromatic N) is 1. The van der Waals surface area contributed by atoms with Gasteiger partial charge in [0.2, 0.25) is 0 Å². The van der Waals surface area contributed by atoms with E-state index in [4.69, 9.17) is 0 Å².